The van der Waals surface area contributed by atoms with E-state index in [1.54, 1.807) is 16.8 Å². The quantitative estimate of drug-likeness (QED) is 0.489. The molecule has 0 aliphatic carbocycles. The standard InChI is InChI=1S/C20H20N4/c1-5-7-13-20(21-17(4)15-14-16(3)10-6-2)24-19-12-9-8-11-18(19)22-23-24/h1,7-9,11-13,16H,4,6,10H2,2-3H3/b13-7-,21-20?/t16-/m1/s1. The third-order valence-electron chi connectivity index (χ3n) is 3.33. The third kappa shape index (κ3) is 4.44. The highest BCUT2D eigenvalue weighted by Gasteiger charge is 2.07. The molecular formula is C20H20N4. The number of allylic oxidation sites excluding steroid dienone is 3. The molecule has 0 aliphatic rings. The highest BCUT2D eigenvalue weighted by molar-refractivity contribution is 6.00. The summed E-state index contributed by atoms with van der Waals surface area (Å²) in [5.41, 5.74) is 2.10. The number of aliphatic imine (C=N–C) groups is 1. The van der Waals surface area contributed by atoms with Crippen LogP contribution in [0.3, 0.4) is 0 Å². The van der Waals surface area contributed by atoms with E-state index in [2.05, 4.69) is 53.5 Å². The van der Waals surface area contributed by atoms with Crippen molar-refractivity contribution in [3.8, 4) is 24.2 Å². The highest BCUT2D eigenvalue weighted by Crippen LogP contribution is 2.11. The predicted octanol–water partition coefficient (Wildman–Crippen LogP) is 3.82. The number of aromatic nitrogens is 3. The van der Waals surface area contributed by atoms with Gasteiger partial charge in [0.15, 0.2) is 5.84 Å². The number of para-hydroxylation sites is 1. The van der Waals surface area contributed by atoms with Crippen LogP contribution in [0.15, 0.2) is 53.7 Å². The van der Waals surface area contributed by atoms with Gasteiger partial charge in [-0.1, -0.05) is 56.0 Å². The van der Waals surface area contributed by atoms with Crippen molar-refractivity contribution < 1.29 is 0 Å². The van der Waals surface area contributed by atoms with Crippen molar-refractivity contribution in [1.29, 1.82) is 0 Å². The smallest absolute Gasteiger partial charge is 0.157 e. The number of fused-ring (bicyclic) bond motifs is 1. The number of terminal acetylenes is 1. The molecule has 0 N–H and O–H groups in total. The van der Waals surface area contributed by atoms with Crippen LogP contribution in [0.1, 0.15) is 26.7 Å². The molecule has 4 heteroatoms. The zero-order valence-corrected chi connectivity index (χ0v) is 14.0. The Labute approximate surface area is 143 Å². The van der Waals surface area contributed by atoms with Crippen molar-refractivity contribution in [2.24, 2.45) is 10.9 Å². The van der Waals surface area contributed by atoms with Crippen molar-refractivity contribution >= 4 is 16.9 Å². The Hall–Kier alpha value is -3.11. The summed E-state index contributed by atoms with van der Waals surface area (Å²) in [6, 6.07) is 7.65. The van der Waals surface area contributed by atoms with Crippen molar-refractivity contribution in [3.63, 3.8) is 0 Å². The Morgan fingerprint density at radius 2 is 2.25 bits per heavy atom. The van der Waals surface area contributed by atoms with Gasteiger partial charge >= 0.3 is 0 Å². The van der Waals surface area contributed by atoms with Gasteiger partial charge in [-0.15, -0.1) is 11.5 Å². The van der Waals surface area contributed by atoms with Gasteiger partial charge in [0.25, 0.3) is 0 Å². The second kappa shape index (κ2) is 8.50. The maximum absolute atomic E-state index is 5.32. The molecule has 4 nitrogen and oxygen atoms in total. The lowest BCUT2D eigenvalue weighted by Gasteiger charge is -2.02. The molecule has 0 fully saturated rings. The van der Waals surface area contributed by atoms with E-state index in [1.165, 1.54) is 0 Å². The van der Waals surface area contributed by atoms with Crippen LogP contribution in [0.2, 0.25) is 0 Å². The summed E-state index contributed by atoms with van der Waals surface area (Å²) in [6.45, 7) is 8.15. The maximum atomic E-state index is 5.32. The fourth-order valence-electron chi connectivity index (χ4n) is 2.19. The molecule has 24 heavy (non-hydrogen) atoms. The minimum absolute atomic E-state index is 0.318. The number of benzene rings is 1. The van der Waals surface area contributed by atoms with Gasteiger partial charge in [-0.3, -0.25) is 0 Å². The van der Waals surface area contributed by atoms with Crippen LogP contribution in [0, 0.1) is 30.1 Å². The summed E-state index contributed by atoms with van der Waals surface area (Å²) >= 11 is 0. The molecule has 0 aliphatic heterocycles. The van der Waals surface area contributed by atoms with Gasteiger partial charge in [0, 0.05) is 5.92 Å². The summed E-state index contributed by atoms with van der Waals surface area (Å²) in [6.07, 6.45) is 10.7. The average Bonchev–Trinajstić information content (AvgIpc) is 3.01. The monoisotopic (exact) mass is 316 g/mol. The van der Waals surface area contributed by atoms with Crippen LogP contribution in [0.4, 0.5) is 0 Å². The zero-order valence-electron chi connectivity index (χ0n) is 14.0. The second-order valence-corrected chi connectivity index (χ2v) is 5.37. The molecule has 120 valence electrons. The molecule has 0 saturated heterocycles. The van der Waals surface area contributed by atoms with Crippen molar-refractivity contribution in [1.82, 2.24) is 15.0 Å². The molecular weight excluding hydrogens is 296 g/mol. The van der Waals surface area contributed by atoms with Crippen LogP contribution in [0.25, 0.3) is 11.0 Å². The van der Waals surface area contributed by atoms with Crippen LogP contribution in [0.5, 0.6) is 0 Å². The number of rotatable bonds is 4. The molecule has 0 saturated carbocycles. The summed E-state index contributed by atoms with van der Waals surface area (Å²) in [7, 11) is 0. The first-order chi connectivity index (χ1) is 11.7. The maximum Gasteiger partial charge on any atom is 0.157 e. The van der Waals surface area contributed by atoms with Gasteiger partial charge in [-0.05, 0) is 36.6 Å². The first-order valence-corrected chi connectivity index (χ1v) is 7.88. The molecule has 0 unspecified atom stereocenters. The van der Waals surface area contributed by atoms with Crippen LogP contribution in [-0.4, -0.2) is 20.8 Å². The Morgan fingerprint density at radius 3 is 3.00 bits per heavy atom. The van der Waals surface area contributed by atoms with E-state index in [0.29, 0.717) is 17.5 Å². The van der Waals surface area contributed by atoms with Crippen LogP contribution in [-0.2, 0) is 0 Å². The largest absolute Gasteiger partial charge is 0.221 e. The van der Waals surface area contributed by atoms with Gasteiger partial charge in [0.2, 0.25) is 0 Å². The summed E-state index contributed by atoms with van der Waals surface area (Å²) in [5, 5.41) is 8.29. The van der Waals surface area contributed by atoms with E-state index in [-0.39, 0.29) is 0 Å². The molecule has 0 spiro atoms. The van der Waals surface area contributed by atoms with Crippen molar-refractivity contribution in [2.45, 2.75) is 26.7 Å². The fourth-order valence-corrected chi connectivity index (χ4v) is 2.19. The van der Waals surface area contributed by atoms with Crippen LogP contribution >= 0.6 is 0 Å². The lowest BCUT2D eigenvalue weighted by molar-refractivity contribution is 0.653. The molecule has 2 aromatic rings. The lowest BCUT2D eigenvalue weighted by atomic mass is 10.1. The minimum Gasteiger partial charge on any atom is -0.221 e. The summed E-state index contributed by atoms with van der Waals surface area (Å²) in [4.78, 5) is 4.47. The fraction of sp³-hybridized carbons (Fsp3) is 0.250. The van der Waals surface area contributed by atoms with Crippen LogP contribution < -0.4 is 0 Å². The topological polar surface area (TPSA) is 43.1 Å². The molecule has 1 aromatic heterocycles. The van der Waals surface area contributed by atoms with Gasteiger partial charge in [-0.2, -0.15) is 4.68 Å². The Balaban J connectivity index is 2.37. The molecule has 2 rings (SSSR count). The number of hydrogen-bond acceptors (Lipinski definition) is 3. The van der Waals surface area contributed by atoms with E-state index in [0.717, 1.165) is 23.9 Å². The van der Waals surface area contributed by atoms with Gasteiger partial charge < -0.3 is 0 Å². The van der Waals surface area contributed by atoms with E-state index in [4.69, 9.17) is 6.42 Å². The van der Waals surface area contributed by atoms with Crippen molar-refractivity contribution in [3.05, 3.63) is 48.7 Å². The summed E-state index contributed by atoms with van der Waals surface area (Å²) in [5.74, 6) is 9.48. The minimum atomic E-state index is 0.318. The SMILES string of the molecule is C#C/C=C\C(=NC(=C)C#C[C@H](C)CCC)n1nnc2ccccc21. The second-order valence-electron chi connectivity index (χ2n) is 5.37. The Bertz CT molecular complexity index is 881. The summed E-state index contributed by atoms with van der Waals surface area (Å²) < 4.78 is 1.63. The van der Waals surface area contributed by atoms with Gasteiger partial charge in [-0.25, -0.2) is 4.99 Å². The van der Waals surface area contributed by atoms with Crippen molar-refractivity contribution in [2.75, 3.05) is 0 Å². The number of nitrogens with zero attached hydrogens (tertiary/aromatic N) is 4. The molecule has 1 atom stereocenters. The van der Waals surface area contributed by atoms with E-state index >= 15 is 0 Å². The molecule has 0 radical (unpaired) electrons. The van der Waals surface area contributed by atoms with E-state index < -0.39 is 0 Å². The first kappa shape index (κ1) is 17.2. The molecule has 1 aromatic carbocycles. The number of hydrogen-bond donors (Lipinski definition) is 0. The lowest BCUT2D eigenvalue weighted by Crippen LogP contribution is -2.11. The zero-order chi connectivity index (χ0) is 17.4. The Kier molecular flexibility index (Phi) is 6.11. The first-order valence-electron chi connectivity index (χ1n) is 7.88. The third-order valence-corrected chi connectivity index (χ3v) is 3.33. The van der Waals surface area contributed by atoms with E-state index in [9.17, 15) is 0 Å². The van der Waals surface area contributed by atoms with Gasteiger partial charge in [0.05, 0.1) is 5.52 Å². The average molecular weight is 316 g/mol. The Morgan fingerprint density at radius 1 is 1.46 bits per heavy atom. The molecule has 0 amide bonds. The predicted molar refractivity (Wildman–Crippen MR) is 99.3 cm³/mol. The molecule has 1 heterocycles. The normalized spacial score (nSPS) is 12.6. The molecule has 0 bridgehead atoms. The van der Waals surface area contributed by atoms with E-state index in [1.807, 2.05) is 24.3 Å². The van der Waals surface area contributed by atoms with Gasteiger partial charge in [0.1, 0.15) is 11.2 Å². The highest BCUT2D eigenvalue weighted by atomic mass is 15.4.